The van der Waals surface area contributed by atoms with E-state index in [9.17, 15) is 0 Å². The second-order valence-corrected chi connectivity index (χ2v) is 8.77. The summed E-state index contributed by atoms with van der Waals surface area (Å²) in [5.74, 6) is 7.10. The number of hydrogen-bond donors (Lipinski definition) is 0. The highest BCUT2D eigenvalue weighted by Gasteiger charge is 2.11. The summed E-state index contributed by atoms with van der Waals surface area (Å²) in [7, 11) is 0. The predicted molar refractivity (Wildman–Crippen MR) is 139 cm³/mol. The third-order valence-corrected chi connectivity index (χ3v) is 6.10. The van der Waals surface area contributed by atoms with E-state index in [2.05, 4.69) is 98.5 Å². The van der Waals surface area contributed by atoms with Crippen LogP contribution in [0.5, 0.6) is 0 Å². The van der Waals surface area contributed by atoms with Crippen molar-refractivity contribution in [3.05, 3.63) is 106 Å². The lowest BCUT2D eigenvalue weighted by Gasteiger charge is -2.15. The molecule has 0 saturated heterocycles. The maximum Gasteiger partial charge on any atom is 0.0309 e. The molecule has 0 atom stereocenters. The van der Waals surface area contributed by atoms with E-state index in [1.165, 1.54) is 59.1 Å². The summed E-state index contributed by atoms with van der Waals surface area (Å²) in [5, 5.41) is 0. The lowest BCUT2D eigenvalue weighted by atomic mass is 9.89. The van der Waals surface area contributed by atoms with Crippen molar-refractivity contribution in [2.75, 3.05) is 0 Å². The van der Waals surface area contributed by atoms with Gasteiger partial charge in [-0.3, -0.25) is 0 Å². The lowest BCUT2D eigenvalue weighted by molar-refractivity contribution is 0.788. The standard InChI is InChI=1S/C32H38/c1-3-5-7-14-20-32-30(19-6-4-2)25-29(22-21-27-15-10-8-11-16-27)26-31(32)24-23-28-17-12-9-13-18-28/h8-13,15-18,25-26H,3-7,19,21-24H2,1-2H3. The summed E-state index contributed by atoms with van der Waals surface area (Å²) in [6, 6.07) is 26.6. The molecule has 0 amide bonds. The second-order valence-electron chi connectivity index (χ2n) is 8.77. The van der Waals surface area contributed by atoms with Crippen LogP contribution >= 0.6 is 0 Å². The molecule has 0 fully saturated rings. The Balaban J connectivity index is 1.89. The molecule has 32 heavy (non-hydrogen) atoms. The van der Waals surface area contributed by atoms with Crippen LogP contribution in [0, 0.1) is 11.8 Å². The molecule has 0 aromatic heterocycles. The quantitative estimate of drug-likeness (QED) is 0.216. The number of rotatable bonds is 11. The second kappa shape index (κ2) is 13.6. The van der Waals surface area contributed by atoms with Gasteiger partial charge in [-0.1, -0.05) is 111 Å². The van der Waals surface area contributed by atoms with E-state index in [0.717, 1.165) is 38.5 Å². The van der Waals surface area contributed by atoms with Crippen LogP contribution < -0.4 is 0 Å². The molecule has 0 aliphatic heterocycles. The van der Waals surface area contributed by atoms with Gasteiger partial charge in [-0.2, -0.15) is 0 Å². The Morgan fingerprint density at radius 2 is 1.09 bits per heavy atom. The molecule has 3 aromatic rings. The molecule has 0 heteroatoms. The third-order valence-electron chi connectivity index (χ3n) is 6.10. The summed E-state index contributed by atoms with van der Waals surface area (Å²) in [4.78, 5) is 0. The van der Waals surface area contributed by atoms with Gasteiger partial charge in [0.1, 0.15) is 0 Å². The molecule has 0 unspecified atom stereocenters. The van der Waals surface area contributed by atoms with E-state index >= 15 is 0 Å². The molecule has 166 valence electrons. The Morgan fingerprint density at radius 3 is 1.69 bits per heavy atom. The van der Waals surface area contributed by atoms with Crippen LogP contribution in [-0.4, -0.2) is 0 Å². The topological polar surface area (TPSA) is 0 Å². The highest BCUT2D eigenvalue weighted by atomic mass is 14.1. The SMILES string of the molecule is CCCCC#Cc1c(CCCC)cc(CCc2ccccc2)cc1CCc1ccccc1. The van der Waals surface area contributed by atoms with E-state index in [1.54, 1.807) is 0 Å². The maximum absolute atomic E-state index is 3.61. The predicted octanol–water partition coefficient (Wildman–Crippen LogP) is 8.14. The van der Waals surface area contributed by atoms with Gasteiger partial charge in [-0.05, 0) is 72.8 Å². The van der Waals surface area contributed by atoms with Crippen LogP contribution in [0.4, 0.5) is 0 Å². The minimum atomic E-state index is 0.998. The molecular formula is C32H38. The largest absolute Gasteiger partial charge is 0.0979 e. The average Bonchev–Trinajstić information content (AvgIpc) is 2.84. The van der Waals surface area contributed by atoms with Gasteiger partial charge in [0, 0.05) is 12.0 Å². The van der Waals surface area contributed by atoms with Gasteiger partial charge in [-0.25, -0.2) is 0 Å². The molecule has 0 N–H and O–H groups in total. The van der Waals surface area contributed by atoms with Gasteiger partial charge in [0.2, 0.25) is 0 Å². The van der Waals surface area contributed by atoms with Gasteiger partial charge < -0.3 is 0 Å². The molecule has 0 saturated carbocycles. The van der Waals surface area contributed by atoms with Crippen LogP contribution in [0.1, 0.15) is 79.3 Å². The van der Waals surface area contributed by atoms with E-state index in [-0.39, 0.29) is 0 Å². The first kappa shape index (κ1) is 23.9. The number of benzene rings is 3. The fourth-order valence-corrected chi connectivity index (χ4v) is 4.18. The average molecular weight is 423 g/mol. The van der Waals surface area contributed by atoms with Crippen molar-refractivity contribution in [1.82, 2.24) is 0 Å². The van der Waals surface area contributed by atoms with Crippen molar-refractivity contribution in [2.24, 2.45) is 0 Å². The van der Waals surface area contributed by atoms with Gasteiger partial charge in [0.25, 0.3) is 0 Å². The number of hydrogen-bond acceptors (Lipinski definition) is 0. The van der Waals surface area contributed by atoms with Gasteiger partial charge >= 0.3 is 0 Å². The zero-order valence-electron chi connectivity index (χ0n) is 20.0. The zero-order valence-corrected chi connectivity index (χ0v) is 20.0. The van der Waals surface area contributed by atoms with E-state index in [1.807, 2.05) is 0 Å². The Hall–Kier alpha value is -2.78. The zero-order chi connectivity index (χ0) is 22.4. The van der Waals surface area contributed by atoms with Crippen molar-refractivity contribution in [2.45, 2.75) is 78.1 Å². The molecule has 0 aliphatic rings. The first-order valence-corrected chi connectivity index (χ1v) is 12.5. The molecule has 0 spiro atoms. The van der Waals surface area contributed by atoms with E-state index < -0.39 is 0 Å². The van der Waals surface area contributed by atoms with Crippen molar-refractivity contribution in [3.63, 3.8) is 0 Å². The first-order valence-electron chi connectivity index (χ1n) is 12.5. The minimum Gasteiger partial charge on any atom is -0.0979 e. The third kappa shape index (κ3) is 7.72. The monoisotopic (exact) mass is 422 g/mol. The van der Waals surface area contributed by atoms with Crippen molar-refractivity contribution in [3.8, 4) is 11.8 Å². The Kier molecular flexibility index (Phi) is 10.1. The number of unbranched alkanes of at least 4 members (excludes halogenated alkanes) is 3. The van der Waals surface area contributed by atoms with E-state index in [0.29, 0.717) is 0 Å². The van der Waals surface area contributed by atoms with E-state index in [4.69, 9.17) is 0 Å². The number of aryl methyl sites for hydroxylation is 5. The summed E-state index contributed by atoms with van der Waals surface area (Å²) < 4.78 is 0. The Labute approximate surface area is 196 Å². The van der Waals surface area contributed by atoms with Crippen molar-refractivity contribution >= 4 is 0 Å². The maximum atomic E-state index is 3.61. The van der Waals surface area contributed by atoms with Crippen LogP contribution in [0.2, 0.25) is 0 Å². The Morgan fingerprint density at radius 1 is 0.562 bits per heavy atom. The minimum absolute atomic E-state index is 0.998. The van der Waals surface area contributed by atoms with Crippen molar-refractivity contribution in [1.29, 1.82) is 0 Å². The van der Waals surface area contributed by atoms with Crippen LogP contribution in [0.25, 0.3) is 0 Å². The smallest absolute Gasteiger partial charge is 0.0309 e. The highest BCUT2D eigenvalue weighted by Crippen LogP contribution is 2.23. The molecule has 0 bridgehead atoms. The summed E-state index contributed by atoms with van der Waals surface area (Å²) in [6.07, 6.45) is 11.3. The van der Waals surface area contributed by atoms with Crippen LogP contribution in [0.3, 0.4) is 0 Å². The summed E-state index contributed by atoms with van der Waals surface area (Å²) in [6.45, 7) is 4.52. The summed E-state index contributed by atoms with van der Waals surface area (Å²) >= 11 is 0. The molecule has 3 rings (SSSR count). The Bertz CT molecular complexity index is 987. The molecule has 0 aliphatic carbocycles. The highest BCUT2D eigenvalue weighted by molar-refractivity contribution is 5.50. The van der Waals surface area contributed by atoms with Crippen molar-refractivity contribution < 1.29 is 0 Å². The first-order chi connectivity index (χ1) is 15.8. The summed E-state index contributed by atoms with van der Waals surface area (Å²) in [5.41, 5.74) is 8.49. The molecule has 3 aromatic carbocycles. The molecular weight excluding hydrogens is 384 g/mol. The van der Waals surface area contributed by atoms with Gasteiger partial charge in [-0.15, -0.1) is 0 Å². The lowest BCUT2D eigenvalue weighted by Crippen LogP contribution is -2.03. The van der Waals surface area contributed by atoms with Gasteiger partial charge in [0.15, 0.2) is 0 Å². The normalized spacial score (nSPS) is 10.6. The van der Waals surface area contributed by atoms with Crippen LogP contribution in [0.15, 0.2) is 72.8 Å². The van der Waals surface area contributed by atoms with Gasteiger partial charge in [0.05, 0.1) is 0 Å². The molecule has 0 nitrogen and oxygen atoms in total. The molecule has 0 radical (unpaired) electrons. The molecule has 0 heterocycles. The van der Waals surface area contributed by atoms with Crippen LogP contribution in [-0.2, 0) is 32.1 Å². The fraction of sp³-hybridized carbons (Fsp3) is 0.375. The fourth-order valence-electron chi connectivity index (χ4n) is 4.18.